The van der Waals surface area contributed by atoms with E-state index in [0.29, 0.717) is 6.79 Å². The van der Waals surface area contributed by atoms with Crippen molar-refractivity contribution in [2.24, 2.45) is 7.05 Å². The molecule has 8 heteroatoms. The highest BCUT2D eigenvalue weighted by atomic mass is 16.7. The number of piperazine rings is 1. The van der Waals surface area contributed by atoms with Crippen molar-refractivity contribution < 1.29 is 14.3 Å². The molecule has 2 aliphatic heterocycles. The first-order valence-corrected chi connectivity index (χ1v) is 10.1. The molecule has 4 rings (SSSR count). The highest BCUT2D eigenvalue weighted by molar-refractivity contribution is 5.95. The monoisotopic (exact) mass is 399 g/mol. The van der Waals surface area contributed by atoms with Crippen molar-refractivity contribution >= 4 is 11.6 Å². The molecule has 1 aromatic carbocycles. The van der Waals surface area contributed by atoms with E-state index in [9.17, 15) is 4.79 Å². The summed E-state index contributed by atoms with van der Waals surface area (Å²) in [5, 5.41) is 7.44. The van der Waals surface area contributed by atoms with E-state index < -0.39 is 0 Å². The molecule has 0 unspecified atom stereocenters. The minimum atomic E-state index is -0.179. The average molecular weight is 399 g/mol. The molecular weight excluding hydrogens is 370 g/mol. The van der Waals surface area contributed by atoms with Gasteiger partial charge in [0.15, 0.2) is 11.5 Å². The van der Waals surface area contributed by atoms with E-state index >= 15 is 0 Å². The quantitative estimate of drug-likeness (QED) is 0.828. The van der Waals surface area contributed by atoms with Crippen molar-refractivity contribution in [2.45, 2.75) is 33.4 Å². The molecule has 156 valence electrons. The van der Waals surface area contributed by atoms with Crippen molar-refractivity contribution in [1.29, 1.82) is 0 Å². The minimum absolute atomic E-state index is 0.0217. The SMILES string of the molecule is Cc1nn(C)c(C)c1NC(=O)[C@H](C)N1CCN(Cc2ccc3c(c2)OCO3)CC1. The Morgan fingerprint density at radius 2 is 1.90 bits per heavy atom. The van der Waals surface area contributed by atoms with E-state index in [1.165, 1.54) is 5.56 Å². The fourth-order valence-corrected chi connectivity index (χ4v) is 3.95. The Hall–Kier alpha value is -2.58. The van der Waals surface area contributed by atoms with Gasteiger partial charge in [0, 0.05) is 39.8 Å². The molecule has 0 bridgehead atoms. The standard InChI is InChI=1S/C21H29N5O3/c1-14-20(15(2)24(4)23-14)22-21(27)16(3)26-9-7-25(8-10-26)12-17-5-6-18-19(11-17)29-13-28-18/h5-6,11,16H,7-10,12-13H2,1-4H3,(H,22,27)/t16-/m0/s1. The summed E-state index contributed by atoms with van der Waals surface area (Å²) in [7, 11) is 1.89. The van der Waals surface area contributed by atoms with Crippen LogP contribution in [0.1, 0.15) is 23.9 Å². The number of aryl methyl sites for hydroxylation is 2. The van der Waals surface area contributed by atoms with Gasteiger partial charge in [-0.15, -0.1) is 0 Å². The zero-order chi connectivity index (χ0) is 20.5. The molecule has 1 fully saturated rings. The Morgan fingerprint density at radius 1 is 1.17 bits per heavy atom. The first kappa shape index (κ1) is 19.7. The van der Waals surface area contributed by atoms with Crippen LogP contribution in [0.25, 0.3) is 0 Å². The van der Waals surface area contributed by atoms with Crippen LogP contribution in [0, 0.1) is 13.8 Å². The Morgan fingerprint density at radius 3 is 2.59 bits per heavy atom. The van der Waals surface area contributed by atoms with E-state index in [0.717, 1.165) is 61.3 Å². The number of hydrogen-bond donors (Lipinski definition) is 1. The Balaban J connectivity index is 1.30. The first-order chi connectivity index (χ1) is 13.9. The van der Waals surface area contributed by atoms with Gasteiger partial charge in [0.25, 0.3) is 0 Å². The van der Waals surface area contributed by atoms with Gasteiger partial charge in [-0.3, -0.25) is 19.3 Å². The largest absolute Gasteiger partial charge is 0.454 e. The fraction of sp³-hybridized carbons (Fsp3) is 0.524. The van der Waals surface area contributed by atoms with Crippen LogP contribution in [0.15, 0.2) is 18.2 Å². The molecule has 1 N–H and O–H groups in total. The van der Waals surface area contributed by atoms with Crippen LogP contribution >= 0.6 is 0 Å². The number of carbonyl (C=O) groups excluding carboxylic acids is 1. The van der Waals surface area contributed by atoms with E-state index in [2.05, 4.69) is 32.3 Å². The number of nitrogens with one attached hydrogen (secondary N) is 1. The van der Waals surface area contributed by atoms with Crippen LogP contribution < -0.4 is 14.8 Å². The fourth-order valence-electron chi connectivity index (χ4n) is 3.95. The molecule has 0 aliphatic carbocycles. The van der Waals surface area contributed by atoms with E-state index in [-0.39, 0.29) is 11.9 Å². The predicted molar refractivity (Wildman–Crippen MR) is 110 cm³/mol. The van der Waals surface area contributed by atoms with Gasteiger partial charge in [-0.25, -0.2) is 0 Å². The second-order valence-electron chi connectivity index (χ2n) is 7.83. The molecule has 8 nitrogen and oxygen atoms in total. The van der Waals surface area contributed by atoms with Crippen LogP contribution in [-0.4, -0.2) is 64.5 Å². The Labute approximate surface area is 171 Å². The Bertz CT molecular complexity index is 902. The van der Waals surface area contributed by atoms with E-state index in [4.69, 9.17) is 9.47 Å². The predicted octanol–water partition coefficient (Wildman–Crippen LogP) is 1.91. The summed E-state index contributed by atoms with van der Waals surface area (Å²) in [5.41, 5.74) is 3.86. The van der Waals surface area contributed by atoms with E-state index in [1.807, 2.05) is 33.9 Å². The summed E-state index contributed by atoms with van der Waals surface area (Å²) in [6, 6.07) is 5.95. The topological polar surface area (TPSA) is 71.9 Å². The molecule has 1 amide bonds. The number of aromatic nitrogens is 2. The molecule has 3 heterocycles. The van der Waals surface area contributed by atoms with Gasteiger partial charge in [-0.05, 0) is 38.5 Å². The van der Waals surface area contributed by atoms with Crippen LogP contribution in [0.3, 0.4) is 0 Å². The van der Waals surface area contributed by atoms with Crippen molar-refractivity contribution in [3.8, 4) is 11.5 Å². The summed E-state index contributed by atoms with van der Waals surface area (Å²) >= 11 is 0. The first-order valence-electron chi connectivity index (χ1n) is 10.1. The van der Waals surface area contributed by atoms with Gasteiger partial charge in [0.1, 0.15) is 0 Å². The number of benzene rings is 1. The van der Waals surface area contributed by atoms with Crippen molar-refractivity contribution in [2.75, 3.05) is 38.3 Å². The number of hydrogen-bond acceptors (Lipinski definition) is 6. The van der Waals surface area contributed by atoms with Crippen LogP contribution in [-0.2, 0) is 18.4 Å². The number of ether oxygens (including phenoxy) is 2. The summed E-state index contributed by atoms with van der Waals surface area (Å²) in [6.07, 6.45) is 0. The van der Waals surface area contributed by atoms with Crippen molar-refractivity contribution in [1.82, 2.24) is 19.6 Å². The number of anilines is 1. The molecule has 0 radical (unpaired) electrons. The minimum Gasteiger partial charge on any atom is -0.454 e. The third-order valence-corrected chi connectivity index (χ3v) is 5.93. The summed E-state index contributed by atoms with van der Waals surface area (Å²) in [5.74, 6) is 1.67. The molecule has 0 spiro atoms. The smallest absolute Gasteiger partial charge is 0.241 e. The summed E-state index contributed by atoms with van der Waals surface area (Å²) in [6.45, 7) is 10.6. The lowest BCUT2D eigenvalue weighted by molar-refractivity contribution is -0.121. The van der Waals surface area contributed by atoms with Gasteiger partial charge in [-0.2, -0.15) is 5.10 Å². The van der Waals surface area contributed by atoms with Gasteiger partial charge in [0.2, 0.25) is 12.7 Å². The lowest BCUT2D eigenvalue weighted by Crippen LogP contribution is -2.52. The van der Waals surface area contributed by atoms with Gasteiger partial charge < -0.3 is 14.8 Å². The number of amides is 1. The average Bonchev–Trinajstić information content (AvgIpc) is 3.27. The lowest BCUT2D eigenvalue weighted by atomic mass is 10.1. The number of carbonyl (C=O) groups is 1. The summed E-state index contributed by atoms with van der Waals surface area (Å²) < 4.78 is 12.6. The Kier molecular flexibility index (Phi) is 5.47. The lowest BCUT2D eigenvalue weighted by Gasteiger charge is -2.37. The summed E-state index contributed by atoms with van der Waals surface area (Å²) in [4.78, 5) is 17.4. The van der Waals surface area contributed by atoms with Crippen LogP contribution in [0.5, 0.6) is 11.5 Å². The normalized spacial score (nSPS) is 18.1. The number of rotatable bonds is 5. The zero-order valence-corrected chi connectivity index (χ0v) is 17.6. The molecule has 0 saturated carbocycles. The highest BCUT2D eigenvalue weighted by Gasteiger charge is 2.27. The maximum atomic E-state index is 12.8. The van der Waals surface area contributed by atoms with Crippen LogP contribution in [0.2, 0.25) is 0 Å². The second-order valence-corrected chi connectivity index (χ2v) is 7.83. The third kappa shape index (κ3) is 4.09. The zero-order valence-electron chi connectivity index (χ0n) is 17.6. The van der Waals surface area contributed by atoms with Gasteiger partial charge in [0.05, 0.1) is 23.1 Å². The van der Waals surface area contributed by atoms with Crippen molar-refractivity contribution in [3.63, 3.8) is 0 Å². The van der Waals surface area contributed by atoms with E-state index in [1.54, 1.807) is 4.68 Å². The van der Waals surface area contributed by atoms with Crippen LogP contribution in [0.4, 0.5) is 5.69 Å². The van der Waals surface area contributed by atoms with Crippen molar-refractivity contribution in [3.05, 3.63) is 35.2 Å². The molecule has 1 atom stereocenters. The van der Waals surface area contributed by atoms with Gasteiger partial charge >= 0.3 is 0 Å². The molecule has 2 aromatic rings. The molecule has 1 saturated heterocycles. The maximum Gasteiger partial charge on any atom is 0.241 e. The third-order valence-electron chi connectivity index (χ3n) is 5.93. The molecular formula is C21H29N5O3. The molecule has 1 aromatic heterocycles. The highest BCUT2D eigenvalue weighted by Crippen LogP contribution is 2.32. The van der Waals surface area contributed by atoms with Gasteiger partial charge in [-0.1, -0.05) is 6.07 Å². The maximum absolute atomic E-state index is 12.8. The molecule has 2 aliphatic rings. The second kappa shape index (κ2) is 8.04. The number of fused-ring (bicyclic) bond motifs is 1. The molecule has 29 heavy (non-hydrogen) atoms. The number of nitrogens with zero attached hydrogens (tertiary/aromatic N) is 4.